The van der Waals surface area contributed by atoms with Gasteiger partial charge in [-0.25, -0.2) is 0 Å². The van der Waals surface area contributed by atoms with Gasteiger partial charge in [-0.1, -0.05) is 23.2 Å². The molecule has 3 fully saturated rings. The predicted octanol–water partition coefficient (Wildman–Crippen LogP) is 2.22. The van der Waals surface area contributed by atoms with E-state index in [9.17, 15) is 15.0 Å². The van der Waals surface area contributed by atoms with Crippen molar-refractivity contribution < 1.29 is 15.0 Å². The summed E-state index contributed by atoms with van der Waals surface area (Å²) in [6.07, 6.45) is 2.20. The van der Waals surface area contributed by atoms with E-state index in [1.807, 2.05) is 4.90 Å². The molecule has 0 aromatic heterocycles. The molecule has 4 rings (SSSR count). The highest BCUT2D eigenvalue weighted by atomic mass is 35.5. The van der Waals surface area contributed by atoms with E-state index in [4.69, 9.17) is 23.2 Å². The number of aliphatic hydroxyl groups excluding tert-OH is 1. The number of carbonyl (C=O) groups is 1. The third-order valence-corrected chi connectivity index (χ3v) is 6.53. The van der Waals surface area contributed by atoms with E-state index in [0.717, 1.165) is 25.8 Å². The molecule has 1 aromatic carbocycles. The number of carbonyl (C=O) groups excluding carboxylic acids is 1. The van der Waals surface area contributed by atoms with Crippen LogP contribution in [0.3, 0.4) is 0 Å². The van der Waals surface area contributed by atoms with Gasteiger partial charge in [0.2, 0.25) is 5.91 Å². The Labute approximate surface area is 150 Å². The highest BCUT2D eigenvalue weighted by Crippen LogP contribution is 2.44. The minimum absolute atomic E-state index is 0.0172. The van der Waals surface area contributed by atoms with Gasteiger partial charge in [0.05, 0.1) is 22.7 Å². The van der Waals surface area contributed by atoms with E-state index in [-0.39, 0.29) is 35.8 Å². The van der Waals surface area contributed by atoms with Crippen LogP contribution in [0.1, 0.15) is 30.7 Å². The molecule has 5 nitrogen and oxygen atoms in total. The average molecular weight is 371 g/mol. The SMILES string of the molecule is O=C1CN([C@@H]2CC[C@H]2O)C[C@@H]2C[C@H](c3c(O)ccc(Cl)c3Cl)CN12. The maximum atomic E-state index is 12.5. The van der Waals surface area contributed by atoms with Crippen LogP contribution < -0.4 is 0 Å². The highest BCUT2D eigenvalue weighted by molar-refractivity contribution is 6.42. The number of hydrogen-bond acceptors (Lipinski definition) is 4. The Balaban J connectivity index is 1.55. The van der Waals surface area contributed by atoms with Crippen molar-refractivity contribution in [1.82, 2.24) is 9.80 Å². The van der Waals surface area contributed by atoms with Gasteiger partial charge < -0.3 is 15.1 Å². The molecule has 1 aromatic rings. The zero-order valence-corrected chi connectivity index (χ0v) is 14.7. The van der Waals surface area contributed by atoms with Crippen molar-refractivity contribution in [2.24, 2.45) is 0 Å². The molecule has 130 valence electrons. The molecule has 3 aliphatic rings. The van der Waals surface area contributed by atoms with Crippen molar-refractivity contribution in [3.63, 3.8) is 0 Å². The lowest BCUT2D eigenvalue weighted by atomic mass is 9.86. The molecular weight excluding hydrogens is 351 g/mol. The summed E-state index contributed by atoms with van der Waals surface area (Å²) in [5.41, 5.74) is 0.640. The van der Waals surface area contributed by atoms with E-state index >= 15 is 0 Å². The van der Waals surface area contributed by atoms with Crippen LogP contribution in [0, 0.1) is 0 Å². The largest absolute Gasteiger partial charge is 0.508 e. The second kappa shape index (κ2) is 6.06. The first kappa shape index (κ1) is 16.5. The molecule has 1 saturated carbocycles. The topological polar surface area (TPSA) is 64.0 Å². The van der Waals surface area contributed by atoms with Gasteiger partial charge in [0.15, 0.2) is 0 Å². The van der Waals surface area contributed by atoms with Crippen LogP contribution in [0.5, 0.6) is 5.75 Å². The molecule has 0 spiro atoms. The van der Waals surface area contributed by atoms with Gasteiger partial charge in [-0.2, -0.15) is 0 Å². The average Bonchev–Trinajstić information content (AvgIpc) is 2.94. The van der Waals surface area contributed by atoms with Crippen molar-refractivity contribution in [3.05, 3.63) is 27.7 Å². The number of aliphatic hydroxyl groups is 1. The van der Waals surface area contributed by atoms with E-state index in [2.05, 4.69) is 4.90 Å². The Kier molecular flexibility index (Phi) is 4.15. The summed E-state index contributed by atoms with van der Waals surface area (Å²) in [5.74, 6) is 0.204. The molecule has 2 aliphatic heterocycles. The Hall–Kier alpha value is -1.01. The molecule has 4 atom stereocenters. The van der Waals surface area contributed by atoms with Gasteiger partial charge in [-0.15, -0.1) is 0 Å². The van der Waals surface area contributed by atoms with Crippen molar-refractivity contribution in [2.45, 2.75) is 43.4 Å². The van der Waals surface area contributed by atoms with E-state index in [0.29, 0.717) is 28.7 Å². The van der Waals surface area contributed by atoms with Crippen LogP contribution in [-0.2, 0) is 4.79 Å². The number of halogens is 2. The molecule has 0 radical (unpaired) electrons. The van der Waals surface area contributed by atoms with Crippen LogP contribution in [-0.4, -0.2) is 63.7 Å². The van der Waals surface area contributed by atoms with Gasteiger partial charge in [0, 0.05) is 36.7 Å². The lowest BCUT2D eigenvalue weighted by molar-refractivity contribution is -0.142. The predicted molar refractivity (Wildman–Crippen MR) is 91.6 cm³/mol. The lowest BCUT2D eigenvalue weighted by Crippen LogP contribution is -2.61. The summed E-state index contributed by atoms with van der Waals surface area (Å²) < 4.78 is 0. The summed E-state index contributed by atoms with van der Waals surface area (Å²) in [6, 6.07) is 3.34. The first-order valence-electron chi connectivity index (χ1n) is 8.34. The number of hydrogen-bond donors (Lipinski definition) is 2. The molecule has 1 aliphatic carbocycles. The minimum atomic E-state index is -0.312. The number of benzene rings is 1. The summed E-state index contributed by atoms with van der Waals surface area (Å²) in [4.78, 5) is 16.5. The van der Waals surface area contributed by atoms with Gasteiger partial charge in [-0.05, 0) is 31.4 Å². The third kappa shape index (κ3) is 2.58. The Morgan fingerprint density at radius 3 is 2.62 bits per heavy atom. The fourth-order valence-electron chi connectivity index (χ4n) is 4.29. The van der Waals surface area contributed by atoms with Crippen LogP contribution in [0.2, 0.25) is 10.0 Å². The van der Waals surface area contributed by atoms with Crippen molar-refractivity contribution in [2.75, 3.05) is 19.6 Å². The molecule has 7 heteroatoms. The number of piperazine rings is 1. The van der Waals surface area contributed by atoms with E-state index in [1.54, 1.807) is 12.1 Å². The summed E-state index contributed by atoms with van der Waals surface area (Å²) in [7, 11) is 0. The van der Waals surface area contributed by atoms with Crippen molar-refractivity contribution >= 4 is 29.1 Å². The van der Waals surface area contributed by atoms with Gasteiger partial charge >= 0.3 is 0 Å². The molecule has 0 bridgehead atoms. The molecule has 0 unspecified atom stereocenters. The van der Waals surface area contributed by atoms with Crippen molar-refractivity contribution in [1.29, 1.82) is 0 Å². The van der Waals surface area contributed by atoms with E-state index in [1.165, 1.54) is 0 Å². The number of phenolic OH excluding ortho intramolecular Hbond substituents is 1. The molecule has 2 saturated heterocycles. The summed E-state index contributed by atoms with van der Waals surface area (Å²) in [5, 5.41) is 20.9. The van der Waals surface area contributed by atoms with Gasteiger partial charge in [-0.3, -0.25) is 9.69 Å². The quantitative estimate of drug-likeness (QED) is 0.837. The maximum Gasteiger partial charge on any atom is 0.237 e. The second-order valence-electron chi connectivity index (χ2n) is 7.07. The number of phenols is 1. The first-order chi connectivity index (χ1) is 11.5. The molecule has 1 amide bonds. The smallest absolute Gasteiger partial charge is 0.237 e. The van der Waals surface area contributed by atoms with Crippen LogP contribution in [0.15, 0.2) is 12.1 Å². The molecule has 24 heavy (non-hydrogen) atoms. The Morgan fingerprint density at radius 2 is 1.96 bits per heavy atom. The Morgan fingerprint density at radius 1 is 1.17 bits per heavy atom. The maximum absolute atomic E-state index is 12.5. The van der Waals surface area contributed by atoms with Crippen LogP contribution in [0.4, 0.5) is 0 Å². The van der Waals surface area contributed by atoms with Gasteiger partial charge in [0.1, 0.15) is 5.75 Å². The fourth-order valence-corrected chi connectivity index (χ4v) is 4.77. The lowest BCUT2D eigenvalue weighted by Gasteiger charge is -2.46. The fraction of sp³-hybridized carbons (Fsp3) is 0.588. The zero-order chi connectivity index (χ0) is 17.0. The number of amides is 1. The third-order valence-electron chi connectivity index (χ3n) is 5.71. The summed E-state index contributed by atoms with van der Waals surface area (Å²) >= 11 is 12.4. The first-order valence-corrected chi connectivity index (χ1v) is 9.09. The highest BCUT2D eigenvalue weighted by Gasteiger charge is 2.45. The van der Waals surface area contributed by atoms with Crippen molar-refractivity contribution in [3.8, 4) is 5.75 Å². The Bertz CT molecular complexity index is 684. The molecular formula is C17H20Cl2N2O3. The van der Waals surface area contributed by atoms with E-state index < -0.39 is 0 Å². The van der Waals surface area contributed by atoms with Crippen LogP contribution in [0.25, 0.3) is 0 Å². The van der Waals surface area contributed by atoms with Gasteiger partial charge in [0.25, 0.3) is 0 Å². The van der Waals surface area contributed by atoms with Crippen LogP contribution >= 0.6 is 23.2 Å². The minimum Gasteiger partial charge on any atom is -0.508 e. The molecule has 2 heterocycles. The number of aromatic hydroxyl groups is 1. The zero-order valence-electron chi connectivity index (χ0n) is 13.2. The standard InChI is InChI=1S/C17H20Cl2N2O3/c18-11-1-3-14(23)16(17(11)19)9-5-10-7-20(12-2-4-13(12)22)8-15(24)21(10)6-9/h1,3,9-10,12-13,22-23H,2,4-8H2/t9-,10-,12+,13+/m0/s1. The normalized spacial score (nSPS) is 33.5. The number of nitrogens with zero attached hydrogens (tertiary/aromatic N) is 2. The summed E-state index contributed by atoms with van der Waals surface area (Å²) in [6.45, 7) is 1.68. The second-order valence-corrected chi connectivity index (χ2v) is 7.85. The number of fused-ring (bicyclic) bond motifs is 1. The monoisotopic (exact) mass is 370 g/mol. The molecule has 2 N–H and O–H groups in total. The number of rotatable bonds is 2.